The van der Waals surface area contributed by atoms with Crippen LogP contribution in [-0.2, 0) is 21.5 Å². The fourth-order valence-electron chi connectivity index (χ4n) is 4.92. The van der Waals surface area contributed by atoms with Gasteiger partial charge < -0.3 is 9.47 Å². The van der Waals surface area contributed by atoms with Gasteiger partial charge in [0, 0.05) is 22.5 Å². The highest BCUT2D eigenvalue weighted by Gasteiger charge is 2.44. The zero-order valence-corrected chi connectivity index (χ0v) is 20.9. The SMILES string of the molecule is CCC1OC(C)(c2cc(Cl)cc(Cl)c2)CC1c1ccc2c(c1)CCN2C(=O)OC(C)(C)C. The molecule has 2 heterocycles. The molecule has 0 spiro atoms. The second kappa shape index (κ2) is 8.55. The van der Waals surface area contributed by atoms with E-state index in [9.17, 15) is 4.79 Å². The van der Waals surface area contributed by atoms with Crippen LogP contribution in [0.4, 0.5) is 10.5 Å². The van der Waals surface area contributed by atoms with Gasteiger partial charge in [-0.1, -0.05) is 42.3 Å². The van der Waals surface area contributed by atoms with Crippen LogP contribution in [0.2, 0.25) is 10.0 Å². The number of ether oxygens (including phenoxy) is 2. The van der Waals surface area contributed by atoms with Crippen LogP contribution >= 0.6 is 23.2 Å². The van der Waals surface area contributed by atoms with Crippen molar-refractivity contribution in [2.75, 3.05) is 11.4 Å². The third-order valence-corrected chi connectivity index (χ3v) is 6.82. The number of carbonyl (C=O) groups is 1. The fourth-order valence-corrected chi connectivity index (χ4v) is 5.45. The monoisotopic (exact) mass is 475 g/mol. The average molecular weight is 476 g/mol. The van der Waals surface area contributed by atoms with Gasteiger partial charge in [-0.2, -0.15) is 0 Å². The topological polar surface area (TPSA) is 38.8 Å². The zero-order chi connectivity index (χ0) is 23.3. The smallest absolute Gasteiger partial charge is 0.414 e. The number of rotatable bonds is 3. The molecule has 1 amide bonds. The van der Waals surface area contributed by atoms with E-state index in [0.29, 0.717) is 16.6 Å². The summed E-state index contributed by atoms with van der Waals surface area (Å²) in [6, 6.07) is 12.1. The number of fused-ring (bicyclic) bond motifs is 1. The van der Waals surface area contributed by atoms with Crippen molar-refractivity contribution in [3.05, 3.63) is 63.1 Å². The summed E-state index contributed by atoms with van der Waals surface area (Å²) in [7, 11) is 0. The van der Waals surface area contributed by atoms with Gasteiger partial charge >= 0.3 is 6.09 Å². The molecule has 172 valence electrons. The van der Waals surface area contributed by atoms with Crippen molar-refractivity contribution in [1.82, 2.24) is 0 Å². The van der Waals surface area contributed by atoms with E-state index >= 15 is 0 Å². The van der Waals surface area contributed by atoms with E-state index in [2.05, 4.69) is 32.0 Å². The predicted octanol–water partition coefficient (Wildman–Crippen LogP) is 7.49. The molecule has 6 heteroatoms. The van der Waals surface area contributed by atoms with Crippen molar-refractivity contribution in [2.45, 2.75) is 77.1 Å². The Morgan fingerprint density at radius 1 is 1.19 bits per heavy atom. The van der Waals surface area contributed by atoms with E-state index in [1.807, 2.05) is 32.9 Å². The normalized spacial score (nSPS) is 25.2. The van der Waals surface area contributed by atoms with Crippen LogP contribution in [0, 0.1) is 0 Å². The van der Waals surface area contributed by atoms with Crippen molar-refractivity contribution in [3.63, 3.8) is 0 Å². The average Bonchev–Trinajstić information content (AvgIpc) is 3.27. The Bertz CT molecular complexity index is 1010. The Hall–Kier alpha value is -1.75. The first-order valence-corrected chi connectivity index (χ1v) is 12.0. The van der Waals surface area contributed by atoms with E-state index in [-0.39, 0.29) is 18.1 Å². The number of halogens is 2. The van der Waals surface area contributed by atoms with Crippen LogP contribution in [0.25, 0.3) is 0 Å². The van der Waals surface area contributed by atoms with Crippen LogP contribution in [0.15, 0.2) is 36.4 Å². The lowest BCUT2D eigenvalue weighted by Crippen LogP contribution is -2.35. The minimum absolute atomic E-state index is 0.0965. The van der Waals surface area contributed by atoms with Gasteiger partial charge in [0.15, 0.2) is 0 Å². The third kappa shape index (κ3) is 4.64. The van der Waals surface area contributed by atoms with Gasteiger partial charge in [0.2, 0.25) is 0 Å². The number of nitrogens with zero attached hydrogens (tertiary/aromatic N) is 1. The summed E-state index contributed by atoms with van der Waals surface area (Å²) in [4.78, 5) is 14.4. The number of amides is 1. The summed E-state index contributed by atoms with van der Waals surface area (Å²) >= 11 is 12.5. The zero-order valence-electron chi connectivity index (χ0n) is 19.4. The first kappa shape index (κ1) is 23.4. The van der Waals surface area contributed by atoms with Crippen molar-refractivity contribution in [1.29, 1.82) is 0 Å². The van der Waals surface area contributed by atoms with Crippen molar-refractivity contribution >= 4 is 35.0 Å². The van der Waals surface area contributed by atoms with Gasteiger partial charge in [0.05, 0.1) is 17.4 Å². The summed E-state index contributed by atoms with van der Waals surface area (Å²) in [5, 5.41) is 1.24. The second-order valence-corrected chi connectivity index (χ2v) is 10.9. The highest BCUT2D eigenvalue weighted by Crippen LogP contribution is 2.49. The summed E-state index contributed by atoms with van der Waals surface area (Å²) in [6.07, 6.45) is 2.39. The molecule has 2 aliphatic rings. The van der Waals surface area contributed by atoms with Crippen molar-refractivity contribution < 1.29 is 14.3 Å². The summed E-state index contributed by atoms with van der Waals surface area (Å²) < 4.78 is 12.2. The molecule has 2 aromatic carbocycles. The molecule has 2 aromatic rings. The third-order valence-electron chi connectivity index (χ3n) is 6.39. The standard InChI is InChI=1S/C26H31Cl2NO3/c1-6-23-21(15-26(5,31-23)18-12-19(27)14-20(28)13-18)16-7-8-22-17(11-16)9-10-29(22)24(30)32-25(2,3)4/h7-8,11-14,21,23H,6,9-10,15H2,1-5H3. The Kier molecular flexibility index (Phi) is 6.26. The lowest BCUT2D eigenvalue weighted by atomic mass is 9.83. The maximum absolute atomic E-state index is 12.6. The van der Waals surface area contributed by atoms with E-state index in [4.69, 9.17) is 32.7 Å². The maximum atomic E-state index is 12.6. The fraction of sp³-hybridized carbons (Fsp3) is 0.500. The van der Waals surface area contributed by atoms with Gasteiger partial charge in [-0.05, 0) is 87.9 Å². The molecule has 1 fully saturated rings. The maximum Gasteiger partial charge on any atom is 0.414 e. The predicted molar refractivity (Wildman–Crippen MR) is 130 cm³/mol. The highest BCUT2D eigenvalue weighted by molar-refractivity contribution is 6.34. The van der Waals surface area contributed by atoms with E-state index < -0.39 is 11.2 Å². The molecule has 0 N–H and O–H groups in total. The number of anilines is 1. The minimum Gasteiger partial charge on any atom is -0.443 e. The van der Waals surface area contributed by atoms with E-state index in [1.54, 1.807) is 11.0 Å². The molecule has 0 saturated carbocycles. The van der Waals surface area contributed by atoms with E-state index in [0.717, 1.165) is 30.5 Å². The Morgan fingerprint density at radius 3 is 2.50 bits per heavy atom. The number of carbonyl (C=O) groups excluding carboxylic acids is 1. The van der Waals surface area contributed by atoms with Gasteiger partial charge in [0.1, 0.15) is 5.60 Å². The first-order chi connectivity index (χ1) is 15.0. The number of benzene rings is 2. The van der Waals surface area contributed by atoms with Crippen LogP contribution in [0.3, 0.4) is 0 Å². The summed E-state index contributed by atoms with van der Waals surface area (Å²) in [5.41, 5.74) is 3.42. The molecule has 0 aliphatic carbocycles. The van der Waals surface area contributed by atoms with Gasteiger partial charge in [0.25, 0.3) is 0 Å². The highest BCUT2D eigenvalue weighted by atomic mass is 35.5. The summed E-state index contributed by atoms with van der Waals surface area (Å²) in [5.74, 6) is 0.253. The van der Waals surface area contributed by atoms with Crippen LogP contribution in [0.1, 0.15) is 70.1 Å². The van der Waals surface area contributed by atoms with Crippen molar-refractivity contribution in [2.24, 2.45) is 0 Å². The lowest BCUT2D eigenvalue weighted by Gasteiger charge is -2.25. The molecule has 3 unspecified atom stereocenters. The largest absolute Gasteiger partial charge is 0.443 e. The second-order valence-electron chi connectivity index (χ2n) is 10.0. The minimum atomic E-state index is -0.511. The van der Waals surface area contributed by atoms with Gasteiger partial charge in [-0.3, -0.25) is 4.90 Å². The Balaban J connectivity index is 1.59. The molecule has 1 saturated heterocycles. The molecule has 2 aliphatic heterocycles. The molecular weight excluding hydrogens is 445 g/mol. The lowest BCUT2D eigenvalue weighted by molar-refractivity contribution is -0.0351. The van der Waals surface area contributed by atoms with Gasteiger partial charge in [-0.15, -0.1) is 0 Å². The Morgan fingerprint density at radius 2 is 1.88 bits per heavy atom. The van der Waals surface area contributed by atoms with E-state index in [1.165, 1.54) is 11.1 Å². The van der Waals surface area contributed by atoms with Gasteiger partial charge in [-0.25, -0.2) is 4.79 Å². The molecular formula is C26H31Cl2NO3. The number of hydrogen-bond donors (Lipinski definition) is 0. The summed E-state index contributed by atoms with van der Waals surface area (Å²) in [6.45, 7) is 10.6. The first-order valence-electron chi connectivity index (χ1n) is 11.3. The molecule has 32 heavy (non-hydrogen) atoms. The van der Waals surface area contributed by atoms with Crippen LogP contribution < -0.4 is 4.90 Å². The van der Waals surface area contributed by atoms with Crippen molar-refractivity contribution in [3.8, 4) is 0 Å². The van der Waals surface area contributed by atoms with Crippen LogP contribution in [-0.4, -0.2) is 24.3 Å². The Labute approximate surface area is 200 Å². The molecule has 4 rings (SSSR count). The molecule has 4 nitrogen and oxygen atoms in total. The number of hydrogen-bond acceptors (Lipinski definition) is 3. The molecule has 3 atom stereocenters. The molecule has 0 bridgehead atoms. The molecule has 0 radical (unpaired) electrons. The van der Waals surface area contributed by atoms with Crippen LogP contribution in [0.5, 0.6) is 0 Å². The molecule has 0 aromatic heterocycles. The quantitative estimate of drug-likeness (QED) is 0.461.